The smallest absolute Gasteiger partial charge is 0.407 e. The summed E-state index contributed by atoms with van der Waals surface area (Å²) >= 11 is 9.81. The van der Waals surface area contributed by atoms with E-state index in [1.54, 1.807) is 27.7 Å². The Bertz CT molecular complexity index is 1250. The van der Waals surface area contributed by atoms with Gasteiger partial charge >= 0.3 is 6.09 Å². The van der Waals surface area contributed by atoms with Gasteiger partial charge in [0.05, 0.1) is 33.7 Å². The Kier molecular flexibility index (Phi) is 6.78. The van der Waals surface area contributed by atoms with Crippen LogP contribution in [0.2, 0.25) is 5.02 Å². The van der Waals surface area contributed by atoms with Gasteiger partial charge in [0.25, 0.3) is 0 Å². The molecule has 3 aromatic rings. The van der Waals surface area contributed by atoms with Gasteiger partial charge in [-0.1, -0.05) is 23.7 Å². The van der Waals surface area contributed by atoms with Crippen molar-refractivity contribution in [3.8, 4) is 0 Å². The summed E-state index contributed by atoms with van der Waals surface area (Å²) in [5, 5.41) is 18.4. The highest BCUT2D eigenvalue weighted by atomic mass is 79.9. The lowest BCUT2D eigenvalue weighted by Crippen LogP contribution is -2.50. The summed E-state index contributed by atoms with van der Waals surface area (Å²) in [6.45, 7) is 5.78. The van der Waals surface area contributed by atoms with Crippen LogP contribution in [0.25, 0.3) is 5.52 Å². The zero-order valence-corrected chi connectivity index (χ0v) is 21.6. The number of amides is 1. The van der Waals surface area contributed by atoms with E-state index in [2.05, 4.69) is 31.3 Å². The number of aromatic nitrogens is 2. The summed E-state index contributed by atoms with van der Waals surface area (Å²) in [5.74, 6) is 0.291. The van der Waals surface area contributed by atoms with Crippen LogP contribution < -0.4 is 11.1 Å². The van der Waals surface area contributed by atoms with Crippen LogP contribution >= 0.6 is 27.5 Å². The first-order chi connectivity index (χ1) is 16.0. The van der Waals surface area contributed by atoms with Gasteiger partial charge in [-0.15, -0.1) is 0 Å². The van der Waals surface area contributed by atoms with Crippen molar-refractivity contribution in [2.75, 3.05) is 5.32 Å². The van der Waals surface area contributed by atoms with E-state index in [0.29, 0.717) is 28.5 Å². The van der Waals surface area contributed by atoms with Crippen molar-refractivity contribution in [3.05, 3.63) is 57.8 Å². The summed E-state index contributed by atoms with van der Waals surface area (Å²) in [7, 11) is 0. The summed E-state index contributed by atoms with van der Waals surface area (Å²) < 4.78 is 2.65. The first kappa shape index (κ1) is 24.3. The van der Waals surface area contributed by atoms with Crippen LogP contribution in [0.1, 0.15) is 45.6 Å². The van der Waals surface area contributed by atoms with Gasteiger partial charge in [0.1, 0.15) is 5.84 Å². The van der Waals surface area contributed by atoms with Crippen LogP contribution in [-0.4, -0.2) is 49.2 Å². The SMILES string of the molecule is CC(C)(C)N(C(=O)O)[C@H]1CC[C@@H](Nc2c(C(N)=Nc3ccccc3Cl)cnn3cc(Br)cc23)C1. The molecule has 10 heteroatoms. The maximum atomic E-state index is 12.0. The van der Waals surface area contributed by atoms with Crippen LogP contribution in [0.15, 0.2) is 52.2 Å². The Morgan fingerprint density at radius 1 is 1.35 bits per heavy atom. The number of nitrogens with one attached hydrogen (secondary N) is 1. The summed E-state index contributed by atoms with van der Waals surface area (Å²) in [6.07, 6.45) is 4.98. The standard InChI is InChI=1S/C24H28BrClN6O2/c1-24(2,3)32(23(33)34)16-9-8-15(11-16)29-21-17(12-28-31-13-14(25)10-20(21)31)22(27)30-19-7-5-4-6-18(19)26/h4-7,10,12-13,15-16,29H,8-9,11H2,1-3H3,(H2,27,30)(H,33,34)/t15-,16+/m1/s1. The quantitative estimate of drug-likeness (QED) is 0.272. The van der Waals surface area contributed by atoms with Crippen molar-refractivity contribution in [1.82, 2.24) is 14.5 Å². The number of anilines is 1. The molecular formula is C24H28BrClN6O2. The van der Waals surface area contributed by atoms with Gasteiger partial charge in [-0.2, -0.15) is 5.10 Å². The molecule has 8 nitrogen and oxygen atoms in total. The number of hydrogen-bond acceptors (Lipinski definition) is 4. The van der Waals surface area contributed by atoms with Gasteiger partial charge < -0.3 is 21.1 Å². The first-order valence-corrected chi connectivity index (χ1v) is 12.3. The predicted octanol–water partition coefficient (Wildman–Crippen LogP) is 5.90. The third kappa shape index (κ3) is 5.00. The molecule has 0 aliphatic heterocycles. The van der Waals surface area contributed by atoms with E-state index in [9.17, 15) is 9.90 Å². The molecule has 1 aliphatic carbocycles. The minimum Gasteiger partial charge on any atom is -0.465 e. The largest absolute Gasteiger partial charge is 0.465 e. The van der Waals surface area contributed by atoms with Crippen LogP contribution in [0.3, 0.4) is 0 Å². The molecule has 4 N–H and O–H groups in total. The zero-order valence-electron chi connectivity index (χ0n) is 19.3. The lowest BCUT2D eigenvalue weighted by atomic mass is 10.0. The minimum atomic E-state index is -0.892. The topological polar surface area (TPSA) is 108 Å². The zero-order chi connectivity index (χ0) is 24.6. The number of nitrogens with two attached hydrogens (primary N) is 1. The molecule has 2 atom stereocenters. The molecule has 0 radical (unpaired) electrons. The van der Waals surface area contributed by atoms with Gasteiger partial charge in [-0.25, -0.2) is 14.3 Å². The molecule has 2 heterocycles. The second-order valence-corrected chi connectivity index (χ2v) is 10.8. The fourth-order valence-electron chi connectivity index (χ4n) is 4.62. The third-order valence-corrected chi connectivity index (χ3v) is 6.77. The molecule has 34 heavy (non-hydrogen) atoms. The van der Waals surface area contributed by atoms with E-state index < -0.39 is 11.6 Å². The highest BCUT2D eigenvalue weighted by molar-refractivity contribution is 9.10. The van der Waals surface area contributed by atoms with Gasteiger partial charge in [0, 0.05) is 28.3 Å². The van der Waals surface area contributed by atoms with Crippen molar-refractivity contribution >= 4 is 56.4 Å². The molecule has 1 saturated carbocycles. The maximum absolute atomic E-state index is 12.0. The number of rotatable bonds is 5. The van der Waals surface area contributed by atoms with E-state index in [1.165, 1.54) is 0 Å². The van der Waals surface area contributed by atoms with Crippen LogP contribution in [0.5, 0.6) is 0 Å². The molecular weight excluding hydrogens is 520 g/mol. The maximum Gasteiger partial charge on any atom is 0.407 e. The van der Waals surface area contributed by atoms with Gasteiger partial charge in [-0.3, -0.25) is 0 Å². The van der Waals surface area contributed by atoms with Crippen molar-refractivity contribution in [3.63, 3.8) is 0 Å². The van der Waals surface area contributed by atoms with E-state index in [4.69, 9.17) is 17.3 Å². The molecule has 0 spiro atoms. The Labute approximate surface area is 211 Å². The van der Waals surface area contributed by atoms with E-state index in [-0.39, 0.29) is 12.1 Å². The predicted molar refractivity (Wildman–Crippen MR) is 139 cm³/mol. The molecule has 1 amide bonds. The molecule has 2 aromatic heterocycles. The number of fused-ring (bicyclic) bond motifs is 1. The van der Waals surface area contributed by atoms with E-state index >= 15 is 0 Å². The number of benzene rings is 1. The number of hydrogen-bond donors (Lipinski definition) is 3. The normalized spacial score (nSPS) is 18.9. The van der Waals surface area contributed by atoms with Crippen LogP contribution in [0.4, 0.5) is 16.2 Å². The number of aliphatic imine (C=N–C) groups is 1. The molecule has 1 fully saturated rings. The van der Waals surface area contributed by atoms with Crippen molar-refractivity contribution in [2.24, 2.45) is 10.7 Å². The van der Waals surface area contributed by atoms with Crippen LogP contribution in [-0.2, 0) is 0 Å². The highest BCUT2D eigenvalue weighted by Gasteiger charge is 2.38. The first-order valence-electron chi connectivity index (χ1n) is 11.1. The highest BCUT2D eigenvalue weighted by Crippen LogP contribution is 2.34. The number of nitrogens with zero attached hydrogens (tertiary/aromatic N) is 4. The molecule has 0 bridgehead atoms. The second kappa shape index (κ2) is 9.46. The Morgan fingerprint density at radius 3 is 2.76 bits per heavy atom. The molecule has 180 valence electrons. The summed E-state index contributed by atoms with van der Waals surface area (Å²) in [5.41, 5.74) is 8.85. The number of halogens is 2. The molecule has 0 saturated heterocycles. The van der Waals surface area contributed by atoms with Gasteiger partial charge in [0.2, 0.25) is 0 Å². The van der Waals surface area contributed by atoms with Crippen LogP contribution in [0, 0.1) is 0 Å². The summed E-state index contributed by atoms with van der Waals surface area (Å²) in [6, 6.07) is 9.23. The molecule has 1 aliphatic rings. The lowest BCUT2D eigenvalue weighted by Gasteiger charge is -2.38. The number of carboxylic acid groups (broad SMARTS) is 1. The number of amidine groups is 1. The molecule has 0 unspecified atom stereocenters. The monoisotopic (exact) mass is 546 g/mol. The van der Waals surface area contributed by atoms with Gasteiger partial charge in [-0.05, 0) is 74.2 Å². The van der Waals surface area contributed by atoms with E-state index in [0.717, 1.165) is 28.5 Å². The fraction of sp³-hybridized carbons (Fsp3) is 0.375. The Morgan fingerprint density at radius 2 is 2.09 bits per heavy atom. The van der Waals surface area contributed by atoms with Gasteiger partial charge in [0.15, 0.2) is 0 Å². The Balaban J connectivity index is 1.68. The number of carbonyl (C=O) groups is 1. The average molecular weight is 548 g/mol. The molecule has 4 rings (SSSR count). The van der Waals surface area contributed by atoms with E-state index in [1.807, 2.05) is 45.2 Å². The van der Waals surface area contributed by atoms with Crippen molar-refractivity contribution in [1.29, 1.82) is 0 Å². The minimum absolute atomic E-state index is 0.0658. The second-order valence-electron chi connectivity index (χ2n) is 9.50. The summed E-state index contributed by atoms with van der Waals surface area (Å²) in [4.78, 5) is 18.1. The Hall–Kier alpha value is -2.78. The van der Waals surface area contributed by atoms with Crippen molar-refractivity contribution in [2.45, 2.75) is 57.7 Å². The average Bonchev–Trinajstić information content (AvgIpc) is 3.34. The van der Waals surface area contributed by atoms with Crippen molar-refractivity contribution < 1.29 is 9.90 Å². The lowest BCUT2D eigenvalue weighted by molar-refractivity contribution is 0.0718. The number of para-hydroxylation sites is 1. The molecule has 1 aromatic carbocycles. The fourth-order valence-corrected chi connectivity index (χ4v) is 5.21. The third-order valence-electron chi connectivity index (χ3n) is 6.02.